The highest BCUT2D eigenvalue weighted by molar-refractivity contribution is 5.89. The number of aliphatic carboxylic acids is 1. The summed E-state index contributed by atoms with van der Waals surface area (Å²) in [4.78, 5) is 45.4. The Labute approximate surface area is 149 Å². The third kappa shape index (κ3) is 8.11. The zero-order valence-corrected chi connectivity index (χ0v) is 14.1. The van der Waals surface area contributed by atoms with Gasteiger partial charge in [-0.15, -0.1) is 0 Å². The van der Waals surface area contributed by atoms with Crippen LogP contribution in [0.15, 0.2) is 30.3 Å². The number of hydrogen-bond donors (Lipinski definition) is 5. The van der Waals surface area contributed by atoms with E-state index in [1.165, 1.54) is 6.92 Å². The molecule has 0 fully saturated rings. The van der Waals surface area contributed by atoms with Crippen LogP contribution in [0.25, 0.3) is 0 Å². The summed E-state index contributed by atoms with van der Waals surface area (Å²) >= 11 is 0. The lowest BCUT2D eigenvalue weighted by Crippen LogP contribution is -2.51. The predicted molar refractivity (Wildman–Crippen MR) is 88.9 cm³/mol. The zero-order chi connectivity index (χ0) is 19.5. The average molecular weight is 367 g/mol. The monoisotopic (exact) mass is 367 g/mol. The van der Waals surface area contributed by atoms with Gasteiger partial charge >= 0.3 is 12.1 Å². The fraction of sp³-hybridized carbons (Fsp3) is 0.375. The van der Waals surface area contributed by atoms with Crippen LogP contribution in [0.3, 0.4) is 0 Å². The van der Waals surface area contributed by atoms with Crippen LogP contribution >= 0.6 is 0 Å². The Balaban J connectivity index is 2.24. The lowest BCUT2D eigenvalue weighted by molar-refractivity contribution is -0.144. The number of carboxylic acids is 1. The van der Waals surface area contributed by atoms with Gasteiger partial charge in [0.15, 0.2) is 6.04 Å². The molecule has 0 aliphatic carbocycles. The van der Waals surface area contributed by atoms with Crippen LogP contribution in [-0.4, -0.2) is 59.3 Å². The number of alkyl carbamates (subject to hydrolysis) is 1. The molecule has 10 nitrogen and oxygen atoms in total. The summed E-state index contributed by atoms with van der Waals surface area (Å²) in [5.41, 5.74) is 0.787. The molecule has 0 heterocycles. The normalized spacial score (nSPS) is 12.4. The topological polar surface area (TPSA) is 154 Å². The fourth-order valence-corrected chi connectivity index (χ4v) is 1.78. The first-order valence-electron chi connectivity index (χ1n) is 7.71. The maximum atomic E-state index is 11.6. The summed E-state index contributed by atoms with van der Waals surface area (Å²) in [6, 6.07) is 7.48. The molecule has 0 aliphatic rings. The molecular weight excluding hydrogens is 346 g/mol. The predicted octanol–water partition coefficient (Wildman–Crippen LogP) is -1.02. The molecule has 0 spiro atoms. The zero-order valence-electron chi connectivity index (χ0n) is 14.1. The van der Waals surface area contributed by atoms with E-state index in [1.54, 1.807) is 24.3 Å². The van der Waals surface area contributed by atoms with Crippen LogP contribution in [0.5, 0.6) is 0 Å². The minimum absolute atomic E-state index is 0.0482. The first kappa shape index (κ1) is 20.9. The summed E-state index contributed by atoms with van der Waals surface area (Å²) in [5, 5.41) is 24.5. The summed E-state index contributed by atoms with van der Waals surface area (Å²) in [6.07, 6.45) is -2.10. The summed E-state index contributed by atoms with van der Waals surface area (Å²) in [7, 11) is 0. The first-order valence-corrected chi connectivity index (χ1v) is 7.71. The first-order chi connectivity index (χ1) is 12.3. The molecule has 0 unspecified atom stereocenters. The van der Waals surface area contributed by atoms with Crippen molar-refractivity contribution in [1.82, 2.24) is 16.0 Å². The van der Waals surface area contributed by atoms with Crippen LogP contribution in [0, 0.1) is 0 Å². The van der Waals surface area contributed by atoms with Crippen LogP contribution in [0.1, 0.15) is 12.5 Å². The highest BCUT2D eigenvalue weighted by Gasteiger charge is 2.24. The van der Waals surface area contributed by atoms with Crippen molar-refractivity contribution in [3.63, 3.8) is 0 Å². The molecule has 142 valence electrons. The van der Waals surface area contributed by atoms with E-state index in [2.05, 4.69) is 16.0 Å². The molecule has 3 amide bonds. The number of carbonyl (C=O) groups excluding carboxylic acids is 3. The quantitative estimate of drug-likeness (QED) is 0.374. The number of aliphatic hydroxyl groups is 1. The Morgan fingerprint density at radius 3 is 2.23 bits per heavy atom. The van der Waals surface area contributed by atoms with E-state index in [-0.39, 0.29) is 6.61 Å². The van der Waals surface area contributed by atoms with Gasteiger partial charge in [0.05, 0.1) is 12.6 Å². The Morgan fingerprint density at radius 1 is 1.04 bits per heavy atom. The van der Waals surface area contributed by atoms with Crippen LogP contribution in [0.2, 0.25) is 0 Å². The number of amides is 3. The van der Waals surface area contributed by atoms with Gasteiger partial charge in [0.1, 0.15) is 13.2 Å². The van der Waals surface area contributed by atoms with E-state index in [0.717, 1.165) is 5.56 Å². The Morgan fingerprint density at radius 2 is 1.65 bits per heavy atom. The van der Waals surface area contributed by atoms with Crippen LogP contribution < -0.4 is 16.0 Å². The largest absolute Gasteiger partial charge is 0.480 e. The fourth-order valence-electron chi connectivity index (χ4n) is 1.78. The lowest BCUT2D eigenvalue weighted by atomic mass is 10.2. The summed E-state index contributed by atoms with van der Waals surface area (Å²) in [6.45, 7) is 0.338. The van der Waals surface area contributed by atoms with Gasteiger partial charge in [-0.25, -0.2) is 9.59 Å². The number of carboxylic acid groups (broad SMARTS) is 1. The van der Waals surface area contributed by atoms with Crippen LogP contribution in [0.4, 0.5) is 4.79 Å². The van der Waals surface area contributed by atoms with Gasteiger partial charge in [0.25, 0.3) is 0 Å². The van der Waals surface area contributed by atoms with Crippen molar-refractivity contribution in [2.24, 2.45) is 0 Å². The van der Waals surface area contributed by atoms with Gasteiger partial charge in [-0.2, -0.15) is 0 Å². The maximum Gasteiger partial charge on any atom is 0.407 e. The van der Waals surface area contributed by atoms with E-state index >= 15 is 0 Å². The molecule has 2 atom stereocenters. The molecule has 0 saturated heterocycles. The van der Waals surface area contributed by atoms with Crippen molar-refractivity contribution < 1.29 is 34.1 Å². The Bertz CT molecular complexity index is 634. The minimum atomic E-state index is -1.48. The van der Waals surface area contributed by atoms with Crippen LogP contribution in [-0.2, 0) is 25.7 Å². The number of aliphatic hydroxyl groups excluding tert-OH is 1. The Kier molecular flexibility index (Phi) is 8.58. The van der Waals surface area contributed by atoms with Gasteiger partial charge in [-0.1, -0.05) is 30.3 Å². The molecule has 10 heteroatoms. The molecular formula is C16H21N3O7. The van der Waals surface area contributed by atoms with Crippen molar-refractivity contribution in [2.45, 2.75) is 25.7 Å². The van der Waals surface area contributed by atoms with Gasteiger partial charge in [0, 0.05) is 0 Å². The second-order valence-corrected chi connectivity index (χ2v) is 5.32. The van der Waals surface area contributed by atoms with Crippen molar-refractivity contribution in [1.29, 1.82) is 0 Å². The average Bonchev–Trinajstić information content (AvgIpc) is 2.61. The molecule has 0 bridgehead atoms. The maximum absolute atomic E-state index is 11.6. The second kappa shape index (κ2) is 10.7. The molecule has 26 heavy (non-hydrogen) atoms. The van der Waals surface area contributed by atoms with E-state index in [4.69, 9.17) is 9.84 Å². The number of rotatable bonds is 9. The minimum Gasteiger partial charge on any atom is -0.480 e. The number of nitrogens with one attached hydrogen (secondary N) is 3. The molecule has 0 radical (unpaired) electrons. The Hall–Kier alpha value is -3.14. The van der Waals surface area contributed by atoms with E-state index < -0.39 is 49.1 Å². The molecule has 1 aromatic rings. The van der Waals surface area contributed by atoms with Gasteiger partial charge in [0.2, 0.25) is 11.8 Å². The molecule has 0 aromatic heterocycles. The van der Waals surface area contributed by atoms with Crippen molar-refractivity contribution in [3.8, 4) is 0 Å². The number of carbonyl (C=O) groups is 4. The van der Waals surface area contributed by atoms with Gasteiger partial charge < -0.3 is 30.9 Å². The lowest BCUT2D eigenvalue weighted by Gasteiger charge is -2.17. The number of ether oxygens (including phenoxy) is 1. The van der Waals surface area contributed by atoms with E-state index in [1.807, 2.05) is 6.07 Å². The third-order valence-corrected chi connectivity index (χ3v) is 3.12. The van der Waals surface area contributed by atoms with Crippen molar-refractivity contribution in [3.05, 3.63) is 35.9 Å². The molecule has 1 rings (SSSR count). The van der Waals surface area contributed by atoms with Crippen molar-refractivity contribution >= 4 is 23.9 Å². The highest BCUT2D eigenvalue weighted by atomic mass is 16.5. The van der Waals surface area contributed by atoms with E-state index in [9.17, 15) is 24.3 Å². The smallest absolute Gasteiger partial charge is 0.407 e. The SMILES string of the molecule is C[C@H](O)[C@@H](NC(=O)CNC(=O)CNC(=O)OCc1ccccc1)C(=O)O. The number of benzene rings is 1. The molecule has 5 N–H and O–H groups in total. The second-order valence-electron chi connectivity index (χ2n) is 5.32. The molecule has 1 aromatic carbocycles. The van der Waals surface area contributed by atoms with Crippen molar-refractivity contribution in [2.75, 3.05) is 13.1 Å². The van der Waals surface area contributed by atoms with Gasteiger partial charge in [-0.05, 0) is 12.5 Å². The summed E-state index contributed by atoms with van der Waals surface area (Å²) < 4.78 is 4.91. The van der Waals surface area contributed by atoms with Gasteiger partial charge in [-0.3, -0.25) is 9.59 Å². The number of hydrogen-bond acceptors (Lipinski definition) is 6. The third-order valence-electron chi connectivity index (χ3n) is 3.12. The highest BCUT2D eigenvalue weighted by Crippen LogP contribution is 2.00. The standard InChI is InChI=1S/C16H21N3O7/c1-10(20)14(15(23)24)19-13(22)8-17-12(21)7-18-16(25)26-9-11-5-3-2-4-6-11/h2-6,10,14,20H,7-9H2,1H3,(H,17,21)(H,18,25)(H,19,22)(H,23,24)/t10-,14+/m0/s1. The van der Waals surface area contributed by atoms with E-state index in [0.29, 0.717) is 0 Å². The molecule has 0 aliphatic heterocycles. The molecule has 0 saturated carbocycles. The summed E-state index contributed by atoms with van der Waals surface area (Å²) in [5.74, 6) is -2.86.